The molecule has 1 aliphatic heterocycles. The zero-order valence-corrected chi connectivity index (χ0v) is 13.4. The van der Waals surface area contributed by atoms with Gasteiger partial charge in [-0.05, 0) is 35.1 Å². The zero-order valence-electron chi connectivity index (χ0n) is 11.0. The molecule has 1 N–H and O–H groups in total. The number of phenols is 1. The van der Waals surface area contributed by atoms with Crippen LogP contribution in [0.3, 0.4) is 0 Å². The molecule has 1 aromatic rings. The Hall–Kier alpha value is -0.850. The second kappa shape index (κ2) is 6.07. The van der Waals surface area contributed by atoms with Crippen molar-refractivity contribution < 1.29 is 9.84 Å². The van der Waals surface area contributed by atoms with Crippen LogP contribution < -0.4 is 4.74 Å². The Morgan fingerprint density at radius 1 is 1.32 bits per heavy atom. The third-order valence-corrected chi connectivity index (χ3v) is 4.38. The summed E-state index contributed by atoms with van der Waals surface area (Å²) >= 11 is 8.86. The van der Waals surface area contributed by atoms with Crippen LogP contribution in [0.25, 0.3) is 0 Å². The van der Waals surface area contributed by atoms with E-state index >= 15 is 0 Å². The van der Waals surface area contributed by atoms with Gasteiger partial charge in [-0.2, -0.15) is 0 Å². The standard InChI is InChI=1S/C13H17BrN2O2S/c1-15-3-5-16(6-4-15)13(19)9-7-10(14)12(17)11(8-9)18-2/h7-8,17H,3-6H2,1-2H3. The van der Waals surface area contributed by atoms with Crippen LogP contribution in [0, 0.1) is 0 Å². The number of aromatic hydroxyl groups is 1. The highest BCUT2D eigenvalue weighted by Crippen LogP contribution is 2.35. The number of nitrogens with zero attached hydrogens (tertiary/aromatic N) is 2. The van der Waals surface area contributed by atoms with Crippen LogP contribution in [-0.2, 0) is 0 Å². The van der Waals surface area contributed by atoms with E-state index < -0.39 is 0 Å². The van der Waals surface area contributed by atoms with Gasteiger partial charge in [0.05, 0.1) is 11.6 Å². The van der Waals surface area contributed by atoms with Crippen molar-refractivity contribution in [2.24, 2.45) is 0 Å². The lowest BCUT2D eigenvalue weighted by Crippen LogP contribution is -2.46. The summed E-state index contributed by atoms with van der Waals surface area (Å²) in [5.41, 5.74) is 0.890. The first kappa shape index (κ1) is 14.6. The summed E-state index contributed by atoms with van der Waals surface area (Å²) in [5, 5.41) is 9.81. The van der Waals surface area contributed by atoms with Gasteiger partial charge in [0.2, 0.25) is 0 Å². The quantitative estimate of drug-likeness (QED) is 0.831. The minimum Gasteiger partial charge on any atom is -0.503 e. The van der Waals surface area contributed by atoms with Gasteiger partial charge in [0.15, 0.2) is 11.5 Å². The predicted molar refractivity (Wildman–Crippen MR) is 83.1 cm³/mol. The first-order valence-corrected chi connectivity index (χ1v) is 7.27. The van der Waals surface area contributed by atoms with Crippen molar-refractivity contribution in [3.63, 3.8) is 0 Å². The van der Waals surface area contributed by atoms with Gasteiger partial charge in [0, 0.05) is 31.7 Å². The molecule has 0 aromatic heterocycles. The average molecular weight is 345 g/mol. The number of hydrogen-bond acceptors (Lipinski definition) is 4. The summed E-state index contributed by atoms with van der Waals surface area (Å²) < 4.78 is 5.75. The molecule has 1 fully saturated rings. The van der Waals surface area contributed by atoms with Crippen molar-refractivity contribution in [3.05, 3.63) is 22.2 Å². The molecule has 0 amide bonds. The van der Waals surface area contributed by atoms with Crippen molar-refractivity contribution in [2.75, 3.05) is 40.3 Å². The second-order valence-corrected chi connectivity index (χ2v) is 5.85. The summed E-state index contributed by atoms with van der Waals surface area (Å²) in [7, 11) is 3.64. The molecule has 0 radical (unpaired) electrons. The van der Waals surface area contributed by atoms with Gasteiger partial charge in [-0.15, -0.1) is 0 Å². The first-order valence-electron chi connectivity index (χ1n) is 6.07. The number of likely N-dealkylation sites (N-methyl/N-ethyl adjacent to an activating group) is 1. The lowest BCUT2D eigenvalue weighted by molar-refractivity contribution is 0.218. The minimum absolute atomic E-state index is 0.104. The zero-order chi connectivity index (χ0) is 14.0. The molecule has 4 nitrogen and oxygen atoms in total. The highest BCUT2D eigenvalue weighted by molar-refractivity contribution is 9.10. The fraction of sp³-hybridized carbons (Fsp3) is 0.462. The van der Waals surface area contributed by atoms with E-state index in [1.54, 1.807) is 6.07 Å². The molecule has 19 heavy (non-hydrogen) atoms. The Balaban J connectivity index is 2.22. The summed E-state index contributed by atoms with van der Waals surface area (Å²) in [6.45, 7) is 3.87. The van der Waals surface area contributed by atoms with Crippen molar-refractivity contribution in [1.29, 1.82) is 0 Å². The van der Waals surface area contributed by atoms with E-state index in [0.717, 1.165) is 36.7 Å². The summed E-state index contributed by atoms with van der Waals surface area (Å²) in [5.74, 6) is 0.535. The maximum atomic E-state index is 9.81. The van der Waals surface area contributed by atoms with Gasteiger partial charge in [-0.1, -0.05) is 12.2 Å². The Kier molecular flexibility index (Phi) is 4.65. The molecule has 0 spiro atoms. The molecule has 2 rings (SSSR count). The first-order chi connectivity index (χ1) is 9.02. The molecule has 1 saturated heterocycles. The molecule has 1 aliphatic rings. The number of thiocarbonyl (C=S) groups is 1. The van der Waals surface area contributed by atoms with E-state index in [1.165, 1.54) is 7.11 Å². The number of benzene rings is 1. The average Bonchev–Trinajstić information content (AvgIpc) is 2.41. The minimum atomic E-state index is 0.104. The summed E-state index contributed by atoms with van der Waals surface area (Å²) in [6, 6.07) is 3.61. The largest absolute Gasteiger partial charge is 0.503 e. The van der Waals surface area contributed by atoms with Crippen LogP contribution in [0.15, 0.2) is 16.6 Å². The molecular weight excluding hydrogens is 328 g/mol. The summed E-state index contributed by atoms with van der Waals surface area (Å²) in [6.07, 6.45) is 0. The smallest absolute Gasteiger partial charge is 0.172 e. The Labute approximate surface area is 127 Å². The van der Waals surface area contributed by atoms with Crippen LogP contribution in [0.1, 0.15) is 5.56 Å². The van der Waals surface area contributed by atoms with Crippen molar-refractivity contribution in [1.82, 2.24) is 9.80 Å². The Morgan fingerprint density at radius 3 is 2.53 bits per heavy atom. The lowest BCUT2D eigenvalue weighted by atomic mass is 10.1. The second-order valence-electron chi connectivity index (χ2n) is 4.60. The van der Waals surface area contributed by atoms with Gasteiger partial charge in [0.25, 0.3) is 0 Å². The number of phenolic OH excluding ortho intramolecular Hbond substituents is 1. The SMILES string of the molecule is COc1cc(C(=S)N2CCN(C)CC2)cc(Br)c1O. The predicted octanol–water partition coefficient (Wildman–Crippen LogP) is 2.09. The fourth-order valence-electron chi connectivity index (χ4n) is 2.05. The molecule has 1 aromatic carbocycles. The van der Waals surface area contributed by atoms with Crippen LogP contribution >= 0.6 is 28.1 Å². The maximum Gasteiger partial charge on any atom is 0.172 e. The molecular formula is C13H17BrN2O2S. The molecule has 0 unspecified atom stereocenters. The van der Waals surface area contributed by atoms with Crippen molar-refractivity contribution >= 4 is 33.1 Å². The van der Waals surface area contributed by atoms with Gasteiger partial charge in [-0.25, -0.2) is 0 Å². The molecule has 104 valence electrons. The highest BCUT2D eigenvalue weighted by Gasteiger charge is 2.19. The van der Waals surface area contributed by atoms with E-state index in [2.05, 4.69) is 32.8 Å². The van der Waals surface area contributed by atoms with Crippen LogP contribution in [0.5, 0.6) is 11.5 Å². The van der Waals surface area contributed by atoms with E-state index in [4.69, 9.17) is 17.0 Å². The number of ether oxygens (including phenoxy) is 1. The molecule has 0 bridgehead atoms. The number of rotatable bonds is 2. The summed E-state index contributed by atoms with van der Waals surface area (Å²) in [4.78, 5) is 5.27. The van der Waals surface area contributed by atoms with Gasteiger partial charge in [0.1, 0.15) is 4.99 Å². The van der Waals surface area contributed by atoms with Gasteiger partial charge in [-0.3, -0.25) is 0 Å². The third kappa shape index (κ3) is 3.19. The third-order valence-electron chi connectivity index (χ3n) is 3.29. The number of piperazine rings is 1. The number of halogens is 1. The molecule has 0 atom stereocenters. The van der Waals surface area contributed by atoms with E-state index in [9.17, 15) is 5.11 Å². The lowest BCUT2D eigenvalue weighted by Gasteiger charge is -2.34. The van der Waals surface area contributed by atoms with Gasteiger partial charge >= 0.3 is 0 Å². The van der Waals surface area contributed by atoms with Crippen molar-refractivity contribution in [3.8, 4) is 11.5 Å². The van der Waals surface area contributed by atoms with E-state index in [-0.39, 0.29) is 5.75 Å². The van der Waals surface area contributed by atoms with Crippen molar-refractivity contribution in [2.45, 2.75) is 0 Å². The maximum absolute atomic E-state index is 9.81. The Bertz CT molecular complexity index is 488. The molecule has 0 aliphatic carbocycles. The highest BCUT2D eigenvalue weighted by atomic mass is 79.9. The van der Waals surface area contributed by atoms with Crippen LogP contribution in [0.4, 0.5) is 0 Å². The topological polar surface area (TPSA) is 35.9 Å². The monoisotopic (exact) mass is 344 g/mol. The van der Waals surface area contributed by atoms with E-state index in [0.29, 0.717) is 10.2 Å². The molecule has 6 heteroatoms. The van der Waals surface area contributed by atoms with Crippen LogP contribution in [-0.4, -0.2) is 60.2 Å². The van der Waals surface area contributed by atoms with Gasteiger partial charge < -0.3 is 19.6 Å². The number of methoxy groups -OCH3 is 1. The normalized spacial score (nSPS) is 16.5. The van der Waals surface area contributed by atoms with Crippen LogP contribution in [0.2, 0.25) is 0 Å². The molecule has 0 saturated carbocycles. The number of hydrogen-bond donors (Lipinski definition) is 1. The fourth-order valence-corrected chi connectivity index (χ4v) is 2.79. The Morgan fingerprint density at radius 2 is 1.95 bits per heavy atom. The molecule has 1 heterocycles. The van der Waals surface area contributed by atoms with E-state index in [1.807, 2.05) is 6.07 Å².